The molecule has 2 aromatic heterocycles. The first kappa shape index (κ1) is 22.9. The molecular weight excluding hydrogens is 348 g/mol. The van der Waals surface area contributed by atoms with Gasteiger partial charge in [-0.15, -0.1) is 0 Å². The summed E-state index contributed by atoms with van der Waals surface area (Å²) in [6, 6.07) is 18.6. The van der Waals surface area contributed by atoms with Gasteiger partial charge >= 0.3 is 0 Å². The maximum Gasteiger partial charge on any atom is 0.252 e. The second kappa shape index (κ2) is 11.5. The summed E-state index contributed by atoms with van der Waals surface area (Å²) in [7, 11) is 0. The van der Waals surface area contributed by atoms with Gasteiger partial charge in [0.15, 0.2) is 0 Å². The summed E-state index contributed by atoms with van der Waals surface area (Å²) in [5, 5.41) is 11.2. The quantitative estimate of drug-likeness (QED) is 0.386. The third-order valence-electron chi connectivity index (χ3n) is 3.78. The van der Waals surface area contributed by atoms with Crippen LogP contribution in [-0.4, -0.2) is 15.1 Å². The van der Waals surface area contributed by atoms with Crippen LogP contribution in [0.3, 0.4) is 0 Å². The fourth-order valence-corrected chi connectivity index (χ4v) is 2.70. The second-order valence-corrected chi connectivity index (χ2v) is 5.66. The van der Waals surface area contributed by atoms with Crippen molar-refractivity contribution in [1.29, 1.82) is 0 Å². The van der Waals surface area contributed by atoms with Crippen molar-refractivity contribution in [2.24, 2.45) is 0 Å². The molecule has 0 spiro atoms. The van der Waals surface area contributed by atoms with Crippen molar-refractivity contribution in [1.82, 2.24) is 9.97 Å². The van der Waals surface area contributed by atoms with E-state index >= 15 is 0 Å². The SMILES string of the molecule is CC.CC.Cc1cc(C)c2ccccc2n1.O=c1cc(O)c2ccccc2[nH]1. The molecule has 0 bridgehead atoms. The molecule has 0 aliphatic rings. The average molecular weight is 379 g/mol. The number of aromatic nitrogens is 2. The highest BCUT2D eigenvalue weighted by Gasteiger charge is 1.99. The Bertz CT molecular complexity index is 1070. The summed E-state index contributed by atoms with van der Waals surface area (Å²) in [6.45, 7) is 12.1. The number of benzene rings is 2. The average Bonchev–Trinajstić information content (AvgIpc) is 2.71. The summed E-state index contributed by atoms with van der Waals surface area (Å²) in [5.41, 5.74) is 3.85. The Morgan fingerprint density at radius 2 is 1.39 bits per heavy atom. The summed E-state index contributed by atoms with van der Waals surface area (Å²) in [6.07, 6.45) is 0. The standard InChI is InChI=1S/C11H11N.C9H7NO2.2C2H6/c1-8-7-9(2)12-11-6-4-3-5-10(8)11;11-8-5-9(12)10-7-4-2-1-3-6(7)8;2*1-2/h3-7H,1-2H3;1-5H,(H2,10,11,12);2*1-2H3. The number of hydrogen-bond donors (Lipinski definition) is 2. The predicted molar refractivity (Wildman–Crippen MR) is 120 cm³/mol. The lowest BCUT2D eigenvalue weighted by atomic mass is 10.1. The van der Waals surface area contributed by atoms with E-state index in [1.807, 2.05) is 46.8 Å². The van der Waals surface area contributed by atoms with Gasteiger partial charge in [-0.1, -0.05) is 58.0 Å². The molecular formula is C24H30N2O2. The van der Waals surface area contributed by atoms with Crippen molar-refractivity contribution in [3.05, 3.63) is 82.3 Å². The highest BCUT2D eigenvalue weighted by atomic mass is 16.3. The molecule has 28 heavy (non-hydrogen) atoms. The minimum Gasteiger partial charge on any atom is -0.507 e. The Kier molecular flexibility index (Phi) is 9.44. The van der Waals surface area contributed by atoms with Gasteiger partial charge < -0.3 is 10.1 Å². The number of nitrogens with one attached hydrogen (secondary N) is 1. The molecule has 0 saturated carbocycles. The van der Waals surface area contributed by atoms with E-state index in [-0.39, 0.29) is 11.3 Å². The smallest absolute Gasteiger partial charge is 0.252 e. The van der Waals surface area contributed by atoms with Gasteiger partial charge in [-0.3, -0.25) is 9.78 Å². The topological polar surface area (TPSA) is 66.0 Å². The lowest BCUT2D eigenvalue weighted by Gasteiger charge is -2.01. The van der Waals surface area contributed by atoms with Crippen LogP contribution in [0.5, 0.6) is 5.75 Å². The number of pyridine rings is 2. The van der Waals surface area contributed by atoms with E-state index in [9.17, 15) is 9.90 Å². The van der Waals surface area contributed by atoms with E-state index in [4.69, 9.17) is 0 Å². The molecule has 0 atom stereocenters. The van der Waals surface area contributed by atoms with Gasteiger partial charge in [0.1, 0.15) is 5.75 Å². The van der Waals surface area contributed by atoms with Gasteiger partial charge in [0.2, 0.25) is 0 Å². The van der Waals surface area contributed by atoms with Crippen molar-refractivity contribution in [3.8, 4) is 5.75 Å². The molecule has 0 aliphatic carbocycles. The van der Waals surface area contributed by atoms with Crippen molar-refractivity contribution < 1.29 is 5.11 Å². The third kappa shape index (κ3) is 5.95. The van der Waals surface area contributed by atoms with Crippen LogP contribution >= 0.6 is 0 Å². The summed E-state index contributed by atoms with van der Waals surface area (Å²) >= 11 is 0. The van der Waals surface area contributed by atoms with Crippen LogP contribution in [0.4, 0.5) is 0 Å². The van der Waals surface area contributed by atoms with Gasteiger partial charge in [0.25, 0.3) is 5.56 Å². The molecule has 2 heterocycles. The number of aromatic amines is 1. The molecule has 0 unspecified atom stereocenters. The number of rotatable bonds is 0. The fraction of sp³-hybridized carbons (Fsp3) is 0.250. The molecule has 0 fully saturated rings. The van der Waals surface area contributed by atoms with E-state index in [1.54, 1.807) is 24.3 Å². The van der Waals surface area contributed by atoms with Crippen LogP contribution in [0.25, 0.3) is 21.8 Å². The first-order chi connectivity index (χ1) is 13.5. The van der Waals surface area contributed by atoms with Gasteiger partial charge in [0.05, 0.1) is 11.0 Å². The van der Waals surface area contributed by atoms with Crippen molar-refractivity contribution in [3.63, 3.8) is 0 Å². The van der Waals surface area contributed by atoms with E-state index in [0.29, 0.717) is 10.9 Å². The van der Waals surface area contributed by atoms with Crippen LogP contribution in [-0.2, 0) is 0 Å². The number of para-hydroxylation sites is 2. The van der Waals surface area contributed by atoms with Crippen LogP contribution in [0.15, 0.2) is 65.5 Å². The first-order valence-electron chi connectivity index (χ1n) is 9.68. The zero-order valence-electron chi connectivity index (χ0n) is 17.6. The number of fused-ring (bicyclic) bond motifs is 2. The zero-order chi connectivity index (χ0) is 21.1. The lowest BCUT2D eigenvalue weighted by molar-refractivity contribution is 0.480. The molecule has 0 aliphatic heterocycles. The molecule has 4 aromatic rings. The minimum absolute atomic E-state index is 0.0225. The fourth-order valence-electron chi connectivity index (χ4n) is 2.70. The lowest BCUT2D eigenvalue weighted by Crippen LogP contribution is -2.02. The maximum atomic E-state index is 10.9. The third-order valence-corrected chi connectivity index (χ3v) is 3.78. The van der Waals surface area contributed by atoms with Gasteiger partial charge in [0, 0.05) is 22.5 Å². The molecule has 4 rings (SSSR count). The number of H-pyrrole nitrogens is 1. The zero-order valence-corrected chi connectivity index (χ0v) is 17.6. The monoisotopic (exact) mass is 378 g/mol. The number of aromatic hydroxyl groups is 1. The Labute approximate surface area is 166 Å². The molecule has 0 radical (unpaired) electrons. The minimum atomic E-state index is -0.286. The van der Waals surface area contributed by atoms with Gasteiger partial charge in [-0.05, 0) is 43.7 Å². The largest absolute Gasteiger partial charge is 0.507 e. The van der Waals surface area contributed by atoms with Crippen LogP contribution < -0.4 is 5.56 Å². The Hall–Kier alpha value is -3.14. The first-order valence-corrected chi connectivity index (χ1v) is 9.68. The molecule has 2 aromatic carbocycles. The van der Waals surface area contributed by atoms with E-state index in [1.165, 1.54) is 17.0 Å². The van der Waals surface area contributed by atoms with Crippen LogP contribution in [0.2, 0.25) is 0 Å². The number of aryl methyl sites for hydroxylation is 2. The van der Waals surface area contributed by atoms with Crippen molar-refractivity contribution in [2.75, 3.05) is 0 Å². The summed E-state index contributed by atoms with van der Waals surface area (Å²) in [4.78, 5) is 17.9. The highest BCUT2D eigenvalue weighted by Crippen LogP contribution is 2.19. The summed E-state index contributed by atoms with van der Waals surface area (Å²) in [5.74, 6) is 0.0225. The Morgan fingerprint density at radius 3 is 2.07 bits per heavy atom. The second-order valence-electron chi connectivity index (χ2n) is 5.66. The normalized spacial score (nSPS) is 9.36. The summed E-state index contributed by atoms with van der Waals surface area (Å²) < 4.78 is 0. The molecule has 4 nitrogen and oxygen atoms in total. The van der Waals surface area contributed by atoms with Crippen molar-refractivity contribution in [2.45, 2.75) is 41.5 Å². The van der Waals surface area contributed by atoms with E-state index < -0.39 is 0 Å². The van der Waals surface area contributed by atoms with Gasteiger partial charge in [-0.25, -0.2) is 0 Å². The number of hydrogen-bond acceptors (Lipinski definition) is 3. The van der Waals surface area contributed by atoms with Crippen LogP contribution in [0, 0.1) is 13.8 Å². The Morgan fingerprint density at radius 1 is 0.821 bits per heavy atom. The molecule has 0 amide bonds. The highest BCUT2D eigenvalue weighted by molar-refractivity contribution is 5.84. The van der Waals surface area contributed by atoms with Gasteiger partial charge in [-0.2, -0.15) is 0 Å². The van der Waals surface area contributed by atoms with Crippen molar-refractivity contribution >= 4 is 21.8 Å². The molecule has 0 saturated heterocycles. The maximum absolute atomic E-state index is 10.9. The van der Waals surface area contributed by atoms with E-state index in [2.05, 4.69) is 35.1 Å². The molecule has 4 heteroatoms. The molecule has 148 valence electrons. The van der Waals surface area contributed by atoms with E-state index in [0.717, 1.165) is 11.2 Å². The molecule has 2 N–H and O–H groups in total. The van der Waals surface area contributed by atoms with Crippen LogP contribution in [0.1, 0.15) is 39.0 Å². The Balaban J connectivity index is 0.000000238. The number of nitrogens with zero attached hydrogens (tertiary/aromatic N) is 1. The predicted octanol–water partition coefficient (Wildman–Crippen LogP) is 6.14.